The normalized spacial score (nSPS) is 11.7. The van der Waals surface area contributed by atoms with Crippen molar-refractivity contribution in [3.05, 3.63) is 24.3 Å². The third kappa shape index (κ3) is 20.9. The molecule has 0 radical (unpaired) electrons. The van der Waals surface area contributed by atoms with Gasteiger partial charge in [-0.2, -0.15) is 0 Å². The number of carboxylic acid groups (broad SMARTS) is 1. The molecule has 23 heavy (non-hydrogen) atoms. The Hall–Kier alpha value is -1.09. The third-order valence-electron chi connectivity index (χ3n) is 3.87. The number of hydrogen-bond donors (Lipinski definition) is 2. The molecule has 0 aromatic heterocycles. The first-order valence-corrected chi connectivity index (χ1v) is 9.40. The minimum atomic E-state index is -0.699. The van der Waals surface area contributed by atoms with Crippen molar-refractivity contribution in [2.75, 3.05) is 6.61 Å². The van der Waals surface area contributed by atoms with E-state index < -0.39 is 5.97 Å². The van der Waals surface area contributed by atoms with Crippen LogP contribution in [0.1, 0.15) is 89.9 Å². The quantitative estimate of drug-likeness (QED) is 0.269. The number of aliphatic carboxylic acids is 1. The molecule has 0 unspecified atom stereocenters. The van der Waals surface area contributed by atoms with Gasteiger partial charge in [0.1, 0.15) is 0 Å². The van der Waals surface area contributed by atoms with Crippen LogP contribution in [-0.2, 0) is 4.79 Å². The molecule has 0 saturated carbocycles. The summed E-state index contributed by atoms with van der Waals surface area (Å²) < 4.78 is 0. The Labute approximate surface area is 142 Å². The monoisotopic (exact) mass is 324 g/mol. The first-order chi connectivity index (χ1) is 11.3. The summed E-state index contributed by atoms with van der Waals surface area (Å²) in [5.74, 6) is -0.699. The molecule has 0 aromatic rings. The van der Waals surface area contributed by atoms with Crippen molar-refractivity contribution in [2.45, 2.75) is 89.9 Å². The predicted octanol–water partition coefficient (Wildman–Crippen LogP) is 5.64. The van der Waals surface area contributed by atoms with Gasteiger partial charge in [-0.15, -0.1) is 0 Å². The largest absolute Gasteiger partial charge is 0.481 e. The number of unbranched alkanes of at least 4 members (excludes halogenated alkanes) is 10. The number of hydrogen-bond acceptors (Lipinski definition) is 2. The zero-order chi connectivity index (χ0) is 17.0. The van der Waals surface area contributed by atoms with E-state index >= 15 is 0 Å². The number of carbonyl (C=O) groups is 1. The first kappa shape index (κ1) is 21.9. The van der Waals surface area contributed by atoms with Gasteiger partial charge in [-0.25, -0.2) is 0 Å². The van der Waals surface area contributed by atoms with E-state index in [9.17, 15) is 4.79 Å². The highest BCUT2D eigenvalue weighted by molar-refractivity contribution is 5.66. The highest BCUT2D eigenvalue weighted by Crippen LogP contribution is 2.09. The lowest BCUT2D eigenvalue weighted by atomic mass is 10.1. The van der Waals surface area contributed by atoms with Crippen molar-refractivity contribution in [3.63, 3.8) is 0 Å². The molecule has 0 atom stereocenters. The highest BCUT2D eigenvalue weighted by atomic mass is 16.4. The van der Waals surface area contributed by atoms with E-state index in [1.54, 1.807) is 0 Å². The molecular weight excluding hydrogens is 288 g/mol. The maximum Gasteiger partial charge on any atom is 0.303 e. The van der Waals surface area contributed by atoms with E-state index in [0.717, 1.165) is 38.5 Å². The predicted molar refractivity (Wildman–Crippen MR) is 97.6 cm³/mol. The highest BCUT2D eigenvalue weighted by Gasteiger charge is 1.93. The van der Waals surface area contributed by atoms with Crippen molar-refractivity contribution in [1.29, 1.82) is 0 Å². The fourth-order valence-corrected chi connectivity index (χ4v) is 2.45. The van der Waals surface area contributed by atoms with Gasteiger partial charge in [-0.3, -0.25) is 4.79 Å². The Bertz CT molecular complexity index is 308. The van der Waals surface area contributed by atoms with E-state index in [1.165, 1.54) is 44.9 Å². The van der Waals surface area contributed by atoms with Crippen LogP contribution < -0.4 is 0 Å². The zero-order valence-corrected chi connectivity index (χ0v) is 14.7. The summed E-state index contributed by atoms with van der Waals surface area (Å²) in [4.78, 5) is 10.3. The van der Waals surface area contributed by atoms with Crippen LogP contribution in [-0.4, -0.2) is 22.8 Å². The van der Waals surface area contributed by atoms with Crippen molar-refractivity contribution >= 4 is 5.97 Å². The topological polar surface area (TPSA) is 57.5 Å². The van der Waals surface area contributed by atoms with E-state index in [1.807, 2.05) is 0 Å². The van der Waals surface area contributed by atoms with Crippen LogP contribution in [0.4, 0.5) is 0 Å². The molecule has 0 aliphatic heterocycles. The van der Waals surface area contributed by atoms with Gasteiger partial charge in [0.2, 0.25) is 0 Å². The Morgan fingerprint density at radius 1 is 0.609 bits per heavy atom. The Morgan fingerprint density at radius 3 is 1.43 bits per heavy atom. The molecule has 0 fully saturated rings. The maximum atomic E-state index is 10.3. The fourth-order valence-electron chi connectivity index (χ4n) is 2.45. The Morgan fingerprint density at radius 2 is 1.00 bits per heavy atom. The molecule has 0 bridgehead atoms. The van der Waals surface area contributed by atoms with E-state index in [2.05, 4.69) is 24.3 Å². The molecular formula is C20H36O3. The number of rotatable bonds is 17. The molecule has 0 aliphatic carbocycles. The smallest absolute Gasteiger partial charge is 0.303 e. The minimum Gasteiger partial charge on any atom is -0.481 e. The molecule has 0 aliphatic rings. The van der Waals surface area contributed by atoms with Crippen LogP contribution in [0, 0.1) is 0 Å². The fraction of sp³-hybridized carbons (Fsp3) is 0.750. The number of allylic oxidation sites excluding steroid dienone is 4. The summed E-state index contributed by atoms with van der Waals surface area (Å²) in [6.07, 6.45) is 24.0. The molecule has 134 valence electrons. The molecule has 0 saturated heterocycles. The lowest BCUT2D eigenvalue weighted by Gasteiger charge is -1.98. The summed E-state index contributed by atoms with van der Waals surface area (Å²) >= 11 is 0. The van der Waals surface area contributed by atoms with E-state index in [0.29, 0.717) is 6.61 Å². The van der Waals surface area contributed by atoms with E-state index in [-0.39, 0.29) is 6.42 Å². The average molecular weight is 325 g/mol. The standard InChI is InChI=1S/C20H36O3/c21-19-17-15-13-11-9-7-5-3-1-2-4-6-8-10-12-14-16-18-20(22)23/h7,9-10,12,21H,1-6,8,11,13-19H2,(H,22,23). The van der Waals surface area contributed by atoms with E-state index in [4.69, 9.17) is 10.2 Å². The summed E-state index contributed by atoms with van der Waals surface area (Å²) in [7, 11) is 0. The van der Waals surface area contributed by atoms with Gasteiger partial charge in [0.05, 0.1) is 0 Å². The van der Waals surface area contributed by atoms with Gasteiger partial charge >= 0.3 is 5.97 Å². The summed E-state index contributed by atoms with van der Waals surface area (Å²) in [5.41, 5.74) is 0. The molecule has 3 heteroatoms. The average Bonchev–Trinajstić information content (AvgIpc) is 2.53. The van der Waals surface area contributed by atoms with Gasteiger partial charge < -0.3 is 10.2 Å². The number of aliphatic hydroxyl groups excluding tert-OH is 1. The summed E-state index contributed by atoms with van der Waals surface area (Å²) in [6.45, 7) is 0.324. The second kappa shape index (κ2) is 19.0. The molecule has 3 nitrogen and oxygen atoms in total. The zero-order valence-electron chi connectivity index (χ0n) is 14.7. The number of aliphatic hydroxyl groups is 1. The van der Waals surface area contributed by atoms with Crippen LogP contribution in [0.15, 0.2) is 24.3 Å². The molecule has 2 N–H and O–H groups in total. The van der Waals surface area contributed by atoms with Crippen molar-refractivity contribution < 1.29 is 15.0 Å². The third-order valence-corrected chi connectivity index (χ3v) is 3.87. The van der Waals surface area contributed by atoms with Gasteiger partial charge in [0.25, 0.3) is 0 Å². The molecule has 0 heterocycles. The molecule has 0 aromatic carbocycles. The second-order valence-electron chi connectivity index (χ2n) is 6.15. The van der Waals surface area contributed by atoms with Gasteiger partial charge in [-0.05, 0) is 57.8 Å². The van der Waals surface area contributed by atoms with Crippen LogP contribution in [0.5, 0.6) is 0 Å². The SMILES string of the molecule is O=C(O)CCCC=CCCCCCCCC=CCCCCCO. The van der Waals surface area contributed by atoms with Crippen LogP contribution in [0.2, 0.25) is 0 Å². The Kier molecular flexibility index (Phi) is 18.1. The van der Waals surface area contributed by atoms with Gasteiger partial charge in [0, 0.05) is 13.0 Å². The van der Waals surface area contributed by atoms with Crippen LogP contribution >= 0.6 is 0 Å². The minimum absolute atomic E-state index is 0.279. The molecule has 0 rings (SSSR count). The van der Waals surface area contributed by atoms with Crippen molar-refractivity contribution in [3.8, 4) is 0 Å². The summed E-state index contributed by atoms with van der Waals surface area (Å²) in [6, 6.07) is 0. The Balaban J connectivity index is 3.14. The van der Waals surface area contributed by atoms with Crippen LogP contribution in [0.3, 0.4) is 0 Å². The van der Waals surface area contributed by atoms with Crippen molar-refractivity contribution in [1.82, 2.24) is 0 Å². The lowest BCUT2D eigenvalue weighted by Crippen LogP contribution is -1.92. The van der Waals surface area contributed by atoms with Gasteiger partial charge in [0.15, 0.2) is 0 Å². The molecule has 0 amide bonds. The summed E-state index contributed by atoms with van der Waals surface area (Å²) in [5, 5.41) is 17.2. The second-order valence-corrected chi connectivity index (χ2v) is 6.15. The first-order valence-electron chi connectivity index (χ1n) is 9.40. The number of carboxylic acids is 1. The van der Waals surface area contributed by atoms with Crippen LogP contribution in [0.25, 0.3) is 0 Å². The van der Waals surface area contributed by atoms with Gasteiger partial charge in [-0.1, -0.05) is 50.0 Å². The molecule has 0 spiro atoms. The van der Waals surface area contributed by atoms with Crippen molar-refractivity contribution in [2.24, 2.45) is 0 Å². The lowest BCUT2D eigenvalue weighted by molar-refractivity contribution is -0.137. The maximum absolute atomic E-state index is 10.3.